The number of halogens is 3. The van der Waals surface area contributed by atoms with Crippen LogP contribution in [0.1, 0.15) is 18.1 Å². The third-order valence-electron chi connectivity index (χ3n) is 5.02. The zero-order chi connectivity index (χ0) is 23.6. The van der Waals surface area contributed by atoms with Crippen LogP contribution in [0.3, 0.4) is 0 Å². The van der Waals surface area contributed by atoms with Gasteiger partial charge in [0.15, 0.2) is 0 Å². The molecule has 0 radical (unpaired) electrons. The Hall–Kier alpha value is -4.07. The average molecular weight is 452 g/mol. The van der Waals surface area contributed by atoms with Crippen LogP contribution in [0.4, 0.5) is 24.5 Å². The van der Waals surface area contributed by atoms with Crippen molar-refractivity contribution >= 4 is 28.8 Å². The number of para-hydroxylation sites is 2. The quantitative estimate of drug-likeness (QED) is 0.502. The fraction of sp³-hybridized carbons (Fsp3) is 0.120. The number of hydrogen-bond donors (Lipinski definition) is 1. The van der Waals surface area contributed by atoms with E-state index in [1.807, 2.05) is 6.92 Å². The number of alkyl halides is 3. The zero-order valence-corrected chi connectivity index (χ0v) is 17.5. The Balaban J connectivity index is 1.81. The Kier molecular flexibility index (Phi) is 5.91. The fourth-order valence-corrected chi connectivity index (χ4v) is 3.56. The van der Waals surface area contributed by atoms with Crippen molar-refractivity contribution in [3.63, 3.8) is 0 Å². The van der Waals surface area contributed by atoms with E-state index in [2.05, 4.69) is 5.32 Å². The van der Waals surface area contributed by atoms with E-state index in [1.165, 1.54) is 6.07 Å². The first-order chi connectivity index (χ1) is 15.8. The first-order valence-corrected chi connectivity index (χ1v) is 10.2. The summed E-state index contributed by atoms with van der Waals surface area (Å²) in [6, 6.07) is 19.5. The van der Waals surface area contributed by atoms with E-state index < -0.39 is 23.6 Å². The summed E-state index contributed by atoms with van der Waals surface area (Å²) in [5, 5.41) is 2.99. The normalized spacial score (nSPS) is 14.1. The summed E-state index contributed by atoms with van der Waals surface area (Å²) in [4.78, 5) is 27.5. The highest BCUT2D eigenvalue weighted by atomic mass is 19.4. The van der Waals surface area contributed by atoms with Crippen LogP contribution >= 0.6 is 0 Å². The second-order valence-electron chi connectivity index (χ2n) is 7.16. The van der Waals surface area contributed by atoms with Gasteiger partial charge in [0.1, 0.15) is 11.4 Å². The molecule has 0 atom stereocenters. The van der Waals surface area contributed by atoms with Crippen LogP contribution in [0.15, 0.2) is 84.6 Å². The molecule has 5 nitrogen and oxygen atoms in total. The van der Waals surface area contributed by atoms with Gasteiger partial charge < -0.3 is 10.1 Å². The summed E-state index contributed by atoms with van der Waals surface area (Å²) >= 11 is 0. The van der Waals surface area contributed by atoms with Crippen molar-refractivity contribution in [2.75, 3.05) is 16.8 Å². The van der Waals surface area contributed by atoms with Crippen LogP contribution in [0, 0.1) is 0 Å². The highest BCUT2D eigenvalue weighted by Crippen LogP contribution is 2.37. The first-order valence-electron chi connectivity index (χ1n) is 10.2. The highest BCUT2D eigenvalue weighted by Gasteiger charge is 2.41. The molecule has 1 aliphatic rings. The number of nitrogens with one attached hydrogen (secondary N) is 1. The maximum atomic E-state index is 13.4. The van der Waals surface area contributed by atoms with Crippen LogP contribution < -0.4 is 15.0 Å². The van der Waals surface area contributed by atoms with Gasteiger partial charge in [-0.15, -0.1) is 0 Å². The van der Waals surface area contributed by atoms with Gasteiger partial charge in [0.05, 0.1) is 29.1 Å². The molecule has 168 valence electrons. The Labute approximate surface area is 188 Å². The number of nitrogens with zero attached hydrogens (tertiary/aromatic N) is 1. The number of imide groups is 1. The third kappa shape index (κ3) is 4.32. The number of carbonyl (C=O) groups excluding carboxylic acids is 2. The fourth-order valence-electron chi connectivity index (χ4n) is 3.56. The predicted molar refractivity (Wildman–Crippen MR) is 119 cm³/mol. The average Bonchev–Trinajstić information content (AvgIpc) is 3.04. The number of ether oxygens (including phenoxy) is 1. The number of anilines is 2. The first kappa shape index (κ1) is 22.1. The van der Waals surface area contributed by atoms with Gasteiger partial charge in [0, 0.05) is 0 Å². The lowest BCUT2D eigenvalue weighted by molar-refractivity contribution is -0.137. The molecule has 0 aromatic heterocycles. The van der Waals surface area contributed by atoms with Crippen LogP contribution in [0.2, 0.25) is 0 Å². The van der Waals surface area contributed by atoms with Gasteiger partial charge in [-0.3, -0.25) is 9.59 Å². The molecule has 33 heavy (non-hydrogen) atoms. The molecule has 1 heterocycles. The molecule has 3 aromatic rings. The van der Waals surface area contributed by atoms with Crippen LogP contribution in [0.5, 0.6) is 5.75 Å². The molecule has 0 unspecified atom stereocenters. The number of amides is 2. The molecule has 2 amide bonds. The van der Waals surface area contributed by atoms with Gasteiger partial charge in [-0.25, -0.2) is 4.90 Å². The number of benzene rings is 3. The lowest BCUT2D eigenvalue weighted by atomic mass is 10.0. The van der Waals surface area contributed by atoms with Crippen molar-refractivity contribution in [2.24, 2.45) is 0 Å². The number of carbonyl (C=O) groups is 2. The van der Waals surface area contributed by atoms with E-state index in [1.54, 1.807) is 54.6 Å². The van der Waals surface area contributed by atoms with Crippen molar-refractivity contribution in [1.29, 1.82) is 0 Å². The molecule has 8 heteroatoms. The van der Waals surface area contributed by atoms with Gasteiger partial charge in [0.25, 0.3) is 11.8 Å². The van der Waals surface area contributed by atoms with Gasteiger partial charge >= 0.3 is 6.18 Å². The molecule has 0 aliphatic carbocycles. The molecule has 4 rings (SSSR count). The summed E-state index contributed by atoms with van der Waals surface area (Å²) < 4.78 is 45.3. The molecule has 1 N–H and O–H groups in total. The Morgan fingerprint density at radius 2 is 1.58 bits per heavy atom. The highest BCUT2D eigenvalue weighted by molar-refractivity contribution is 6.46. The molecule has 0 saturated carbocycles. The Morgan fingerprint density at radius 1 is 0.879 bits per heavy atom. The van der Waals surface area contributed by atoms with Crippen LogP contribution in [-0.4, -0.2) is 18.4 Å². The van der Waals surface area contributed by atoms with E-state index in [0.717, 1.165) is 23.1 Å². The summed E-state index contributed by atoms with van der Waals surface area (Å²) in [6.45, 7) is 2.19. The molecule has 1 aliphatic heterocycles. The molecule has 0 spiro atoms. The van der Waals surface area contributed by atoms with Crippen molar-refractivity contribution in [3.05, 3.63) is 95.7 Å². The van der Waals surface area contributed by atoms with E-state index in [4.69, 9.17) is 4.74 Å². The smallest absolute Gasteiger partial charge is 0.416 e. The second-order valence-corrected chi connectivity index (χ2v) is 7.16. The third-order valence-corrected chi connectivity index (χ3v) is 5.02. The zero-order valence-electron chi connectivity index (χ0n) is 17.5. The monoisotopic (exact) mass is 452 g/mol. The molecule has 0 bridgehead atoms. The molecule has 3 aromatic carbocycles. The maximum absolute atomic E-state index is 13.4. The van der Waals surface area contributed by atoms with Gasteiger partial charge in [-0.05, 0) is 42.8 Å². The Bertz CT molecular complexity index is 1240. The van der Waals surface area contributed by atoms with E-state index in [-0.39, 0.29) is 17.0 Å². The van der Waals surface area contributed by atoms with Crippen LogP contribution in [-0.2, 0) is 15.8 Å². The lowest BCUT2D eigenvalue weighted by Crippen LogP contribution is -2.32. The lowest BCUT2D eigenvalue weighted by Gasteiger charge is -2.17. The van der Waals surface area contributed by atoms with E-state index in [0.29, 0.717) is 23.6 Å². The Morgan fingerprint density at radius 3 is 2.27 bits per heavy atom. The SMILES string of the molecule is CCOc1ccccc1NC1=C(c2ccccc2)C(=O)N(c2cccc(C(F)(F)F)c2)C1=O. The summed E-state index contributed by atoms with van der Waals surface area (Å²) in [5.41, 5.74) is -0.190. The van der Waals surface area contributed by atoms with Crippen LogP contribution in [0.25, 0.3) is 5.57 Å². The molecule has 0 saturated heterocycles. The van der Waals surface area contributed by atoms with Crippen molar-refractivity contribution < 1.29 is 27.5 Å². The summed E-state index contributed by atoms with van der Waals surface area (Å²) in [7, 11) is 0. The molecular weight excluding hydrogens is 433 g/mol. The minimum atomic E-state index is -4.62. The van der Waals surface area contributed by atoms with Gasteiger partial charge in [0.2, 0.25) is 0 Å². The minimum Gasteiger partial charge on any atom is -0.492 e. The van der Waals surface area contributed by atoms with E-state index >= 15 is 0 Å². The predicted octanol–water partition coefficient (Wildman–Crippen LogP) is 5.50. The summed E-state index contributed by atoms with van der Waals surface area (Å²) in [6.07, 6.45) is -4.62. The topological polar surface area (TPSA) is 58.6 Å². The van der Waals surface area contributed by atoms with Gasteiger partial charge in [-0.1, -0.05) is 48.5 Å². The number of rotatable bonds is 6. The minimum absolute atomic E-state index is 0.0456. The second kappa shape index (κ2) is 8.82. The molecular formula is C25H19F3N2O3. The standard InChI is InChI=1S/C25H19F3N2O3/c1-2-33-20-14-7-6-13-19(20)29-22-21(16-9-4-3-5-10-16)23(31)30(24(22)32)18-12-8-11-17(15-18)25(26,27)28/h3-15,29H,2H2,1H3. The maximum Gasteiger partial charge on any atom is 0.416 e. The largest absolute Gasteiger partial charge is 0.492 e. The number of hydrogen-bond acceptors (Lipinski definition) is 4. The molecule has 0 fully saturated rings. The van der Waals surface area contributed by atoms with Crippen molar-refractivity contribution in [1.82, 2.24) is 0 Å². The summed E-state index contributed by atoms with van der Waals surface area (Å²) in [5.74, 6) is -1.01. The van der Waals surface area contributed by atoms with E-state index in [9.17, 15) is 22.8 Å². The van der Waals surface area contributed by atoms with Crippen molar-refractivity contribution in [3.8, 4) is 5.75 Å². The van der Waals surface area contributed by atoms with Crippen molar-refractivity contribution in [2.45, 2.75) is 13.1 Å². The van der Waals surface area contributed by atoms with Gasteiger partial charge in [-0.2, -0.15) is 13.2 Å².